The van der Waals surface area contributed by atoms with Crippen molar-refractivity contribution in [3.8, 4) is 0 Å². The third-order valence-corrected chi connectivity index (χ3v) is 11.3. The van der Waals surface area contributed by atoms with Gasteiger partial charge in [0, 0.05) is 6.42 Å². The molecule has 0 aromatic rings. The van der Waals surface area contributed by atoms with E-state index in [1.54, 1.807) is 0 Å². The third-order valence-electron chi connectivity index (χ3n) is 11.3. The van der Waals surface area contributed by atoms with Crippen LogP contribution in [0.5, 0.6) is 0 Å². The van der Waals surface area contributed by atoms with E-state index in [-0.39, 0.29) is 24.9 Å². The summed E-state index contributed by atoms with van der Waals surface area (Å²) in [5.74, 6) is -0.560. The van der Waals surface area contributed by atoms with E-state index in [1.807, 2.05) is 0 Å². The lowest BCUT2D eigenvalue weighted by Gasteiger charge is -2.24. The highest BCUT2D eigenvalue weighted by Gasteiger charge is 2.24. The highest BCUT2D eigenvalue weighted by atomic mass is 16.5. The molecular formula is C55H97NO5. The van der Waals surface area contributed by atoms with Crippen LogP contribution in [0, 0.1) is 0 Å². The van der Waals surface area contributed by atoms with Gasteiger partial charge in [-0.15, -0.1) is 0 Å². The van der Waals surface area contributed by atoms with Crippen molar-refractivity contribution in [3.63, 3.8) is 0 Å². The predicted molar refractivity (Wildman–Crippen MR) is 264 cm³/mol. The maximum absolute atomic E-state index is 13.2. The number of carbonyl (C=O) groups is 2. The summed E-state index contributed by atoms with van der Waals surface area (Å²) in [6.07, 6.45) is 61.1. The zero-order valence-corrected chi connectivity index (χ0v) is 40.0. The number of esters is 1. The van der Waals surface area contributed by atoms with Gasteiger partial charge >= 0.3 is 5.97 Å². The van der Waals surface area contributed by atoms with Crippen molar-refractivity contribution < 1.29 is 24.5 Å². The average Bonchev–Trinajstić information content (AvgIpc) is 3.25. The second-order valence-corrected chi connectivity index (χ2v) is 17.2. The Balaban J connectivity index is 4.70. The Kier molecular flexibility index (Phi) is 46.2. The number of unbranched alkanes of at least 4 members (excludes halogenated alkanes) is 21. The van der Waals surface area contributed by atoms with Gasteiger partial charge in [0.1, 0.15) is 6.10 Å². The monoisotopic (exact) mass is 852 g/mol. The van der Waals surface area contributed by atoms with Crippen LogP contribution in [0.2, 0.25) is 0 Å². The average molecular weight is 852 g/mol. The zero-order chi connectivity index (χ0) is 44.5. The van der Waals surface area contributed by atoms with Gasteiger partial charge in [0.15, 0.2) is 0 Å². The number of ether oxygens (including phenoxy) is 1. The summed E-state index contributed by atoms with van der Waals surface area (Å²) < 4.78 is 5.90. The minimum Gasteiger partial charge on any atom is -0.462 e. The molecule has 0 saturated carbocycles. The maximum atomic E-state index is 13.2. The highest BCUT2D eigenvalue weighted by Crippen LogP contribution is 2.17. The van der Waals surface area contributed by atoms with Crippen LogP contribution in [0.25, 0.3) is 0 Å². The van der Waals surface area contributed by atoms with Gasteiger partial charge in [-0.1, -0.05) is 209 Å². The fourth-order valence-electron chi connectivity index (χ4n) is 7.40. The summed E-state index contributed by atoms with van der Waals surface area (Å²) in [6, 6.07) is -0.719. The molecule has 0 aliphatic carbocycles. The molecule has 0 aromatic heterocycles. The molecule has 6 heteroatoms. The quantitative estimate of drug-likeness (QED) is 0.0322. The van der Waals surface area contributed by atoms with Crippen molar-refractivity contribution in [2.75, 3.05) is 6.61 Å². The molecule has 0 aromatic carbocycles. The Morgan fingerprint density at radius 1 is 0.492 bits per heavy atom. The van der Waals surface area contributed by atoms with E-state index >= 15 is 0 Å². The number of hydrogen-bond donors (Lipinski definition) is 3. The Bertz CT molecular complexity index is 1140. The Hall–Kier alpha value is -2.70. The minimum atomic E-state index is -0.802. The number of amides is 1. The molecular weight excluding hydrogens is 755 g/mol. The van der Waals surface area contributed by atoms with Gasteiger partial charge in [0.05, 0.1) is 25.2 Å². The first-order chi connectivity index (χ1) is 30.0. The number of nitrogens with one attached hydrogen (secondary N) is 1. The number of hydrogen-bond acceptors (Lipinski definition) is 5. The first-order valence-electron chi connectivity index (χ1n) is 25.7. The molecule has 0 saturated heterocycles. The van der Waals surface area contributed by atoms with E-state index in [1.165, 1.54) is 96.3 Å². The third kappa shape index (κ3) is 43.7. The summed E-state index contributed by atoms with van der Waals surface area (Å²) in [5.41, 5.74) is 0. The van der Waals surface area contributed by atoms with Crippen LogP contribution in [0.4, 0.5) is 0 Å². The fourth-order valence-corrected chi connectivity index (χ4v) is 7.40. The molecule has 0 rings (SSSR count). The summed E-state index contributed by atoms with van der Waals surface area (Å²) >= 11 is 0. The van der Waals surface area contributed by atoms with Crippen LogP contribution in [-0.2, 0) is 14.3 Å². The first-order valence-corrected chi connectivity index (χ1v) is 25.7. The molecule has 0 spiro atoms. The first kappa shape index (κ1) is 58.3. The molecule has 6 nitrogen and oxygen atoms in total. The highest BCUT2D eigenvalue weighted by molar-refractivity contribution is 5.77. The number of aliphatic hydroxyl groups excluding tert-OH is 2. The second kappa shape index (κ2) is 48.3. The second-order valence-electron chi connectivity index (χ2n) is 17.2. The van der Waals surface area contributed by atoms with Gasteiger partial charge in [0.2, 0.25) is 5.91 Å². The van der Waals surface area contributed by atoms with Crippen LogP contribution in [-0.4, -0.2) is 46.9 Å². The maximum Gasteiger partial charge on any atom is 0.306 e. The van der Waals surface area contributed by atoms with Gasteiger partial charge in [-0.05, 0) is 89.9 Å². The fraction of sp³-hybridized carbons (Fsp3) is 0.745. The minimum absolute atomic E-state index is 0.0421. The van der Waals surface area contributed by atoms with Crippen molar-refractivity contribution in [2.45, 2.75) is 257 Å². The van der Waals surface area contributed by atoms with E-state index in [2.05, 4.69) is 99.0 Å². The van der Waals surface area contributed by atoms with Crippen molar-refractivity contribution in [1.82, 2.24) is 5.32 Å². The van der Waals surface area contributed by atoms with Gasteiger partial charge < -0.3 is 20.3 Å². The summed E-state index contributed by atoms with van der Waals surface area (Å²) in [5, 5.41) is 23.7. The molecule has 1 amide bonds. The molecule has 0 heterocycles. The molecule has 0 aliphatic heterocycles. The lowest BCUT2D eigenvalue weighted by molar-refractivity contribution is -0.151. The van der Waals surface area contributed by atoms with Gasteiger partial charge in [-0.2, -0.15) is 0 Å². The van der Waals surface area contributed by atoms with Crippen LogP contribution in [0.1, 0.15) is 239 Å². The molecule has 0 fully saturated rings. The molecule has 3 N–H and O–H groups in total. The lowest BCUT2D eigenvalue weighted by atomic mass is 10.0. The van der Waals surface area contributed by atoms with Crippen molar-refractivity contribution in [1.29, 1.82) is 0 Å². The predicted octanol–water partition coefficient (Wildman–Crippen LogP) is 15.4. The molecule has 3 atom stereocenters. The lowest BCUT2D eigenvalue weighted by Crippen LogP contribution is -2.46. The van der Waals surface area contributed by atoms with Crippen LogP contribution in [0.3, 0.4) is 0 Å². The van der Waals surface area contributed by atoms with Crippen molar-refractivity contribution in [3.05, 3.63) is 72.9 Å². The summed E-state index contributed by atoms with van der Waals surface area (Å²) in [7, 11) is 0. The standard InChI is InChI=1S/C55H97NO5/c1-4-7-10-13-16-19-21-23-25-27-29-31-33-36-39-42-45-48-55(60)61-51(46-43-40-37-35-32-30-28-26-24-22-20-17-14-11-8-5-2)49-54(59)56-52(50-57)53(58)47-44-41-38-34-18-15-12-9-6-3/h7,10,16,19,23,25,29-32,36,39,51-53,57-58H,4-6,8-9,11-15,17-18,20-22,24,26-28,33-35,37-38,40-50H2,1-3H3,(H,56,59)/b10-7-,19-16-,25-23-,31-29-,32-30+,39-36-. The van der Waals surface area contributed by atoms with Gasteiger partial charge in [-0.3, -0.25) is 9.59 Å². The summed E-state index contributed by atoms with van der Waals surface area (Å²) in [6.45, 7) is 6.33. The van der Waals surface area contributed by atoms with Crippen LogP contribution in [0.15, 0.2) is 72.9 Å². The van der Waals surface area contributed by atoms with Crippen LogP contribution >= 0.6 is 0 Å². The van der Waals surface area contributed by atoms with Crippen LogP contribution < -0.4 is 5.32 Å². The number of carbonyl (C=O) groups excluding carboxylic acids is 2. The number of rotatable bonds is 45. The van der Waals surface area contributed by atoms with Crippen molar-refractivity contribution >= 4 is 11.9 Å². The Morgan fingerprint density at radius 2 is 0.885 bits per heavy atom. The summed E-state index contributed by atoms with van der Waals surface area (Å²) in [4.78, 5) is 26.1. The number of aliphatic hydroxyl groups is 2. The Labute approximate surface area is 377 Å². The number of allylic oxidation sites excluding steroid dienone is 12. The van der Waals surface area contributed by atoms with Gasteiger partial charge in [0.25, 0.3) is 0 Å². The van der Waals surface area contributed by atoms with E-state index in [4.69, 9.17) is 4.74 Å². The van der Waals surface area contributed by atoms with E-state index in [0.717, 1.165) is 89.9 Å². The largest absolute Gasteiger partial charge is 0.462 e. The van der Waals surface area contributed by atoms with Gasteiger partial charge in [-0.25, -0.2) is 0 Å². The smallest absolute Gasteiger partial charge is 0.306 e. The molecule has 0 bridgehead atoms. The van der Waals surface area contributed by atoms with Crippen molar-refractivity contribution in [2.24, 2.45) is 0 Å². The SMILES string of the molecule is CC/C=C\C/C=C\C/C=C\C/C=C\C/C=C\CCCC(=O)OC(CCCCC/C=C/CCCCCCCCCCC)CC(=O)NC(CO)C(O)CCCCCCCCCCC. The Morgan fingerprint density at radius 3 is 1.38 bits per heavy atom. The van der Waals surface area contributed by atoms with E-state index in [9.17, 15) is 19.8 Å². The molecule has 61 heavy (non-hydrogen) atoms. The molecule has 0 aliphatic rings. The zero-order valence-electron chi connectivity index (χ0n) is 40.0. The normalized spacial score (nSPS) is 13.9. The molecule has 352 valence electrons. The molecule has 3 unspecified atom stereocenters. The topological polar surface area (TPSA) is 95.9 Å². The van der Waals surface area contributed by atoms with E-state index < -0.39 is 18.2 Å². The molecule has 0 radical (unpaired) electrons. The van der Waals surface area contributed by atoms with E-state index in [0.29, 0.717) is 25.7 Å².